The van der Waals surface area contributed by atoms with Crippen molar-refractivity contribution in [2.24, 2.45) is 0 Å². The SMILES string of the molecule is COc1nccc(OC2CCN(C(=O)c3ccno3)CC2)n1. The van der Waals surface area contributed by atoms with Gasteiger partial charge in [0.05, 0.1) is 13.3 Å². The Morgan fingerprint density at radius 1 is 1.32 bits per heavy atom. The zero-order chi connectivity index (χ0) is 15.4. The highest BCUT2D eigenvalue weighted by molar-refractivity contribution is 5.91. The smallest absolute Gasteiger partial charge is 0.319 e. The van der Waals surface area contributed by atoms with Gasteiger partial charge in [-0.1, -0.05) is 5.16 Å². The Kier molecular flexibility index (Phi) is 4.17. The number of carbonyl (C=O) groups is 1. The Bertz CT molecular complexity index is 624. The Labute approximate surface area is 127 Å². The van der Waals surface area contributed by atoms with E-state index in [9.17, 15) is 4.79 Å². The molecule has 0 aromatic carbocycles. The van der Waals surface area contributed by atoms with Crippen LogP contribution in [0.5, 0.6) is 11.9 Å². The molecule has 8 heteroatoms. The molecule has 1 amide bonds. The molecule has 3 rings (SSSR count). The molecule has 1 aliphatic rings. The van der Waals surface area contributed by atoms with Crippen molar-refractivity contribution in [1.29, 1.82) is 0 Å². The number of carbonyl (C=O) groups excluding carboxylic acids is 1. The lowest BCUT2D eigenvalue weighted by Crippen LogP contribution is -2.41. The number of aromatic nitrogens is 3. The van der Waals surface area contributed by atoms with Crippen molar-refractivity contribution in [2.45, 2.75) is 18.9 Å². The summed E-state index contributed by atoms with van der Waals surface area (Å²) in [6.07, 6.45) is 4.52. The van der Waals surface area contributed by atoms with Crippen LogP contribution < -0.4 is 9.47 Å². The molecule has 3 heterocycles. The van der Waals surface area contributed by atoms with Crippen LogP contribution in [0.25, 0.3) is 0 Å². The molecule has 0 atom stereocenters. The van der Waals surface area contributed by atoms with Gasteiger partial charge in [-0.2, -0.15) is 4.98 Å². The van der Waals surface area contributed by atoms with E-state index in [0.717, 1.165) is 12.8 Å². The van der Waals surface area contributed by atoms with Crippen molar-refractivity contribution in [3.05, 3.63) is 30.3 Å². The summed E-state index contributed by atoms with van der Waals surface area (Å²) < 4.78 is 15.7. The van der Waals surface area contributed by atoms with Gasteiger partial charge in [-0.3, -0.25) is 4.79 Å². The third-order valence-electron chi connectivity index (χ3n) is 3.46. The summed E-state index contributed by atoms with van der Waals surface area (Å²) in [4.78, 5) is 21.9. The zero-order valence-electron chi connectivity index (χ0n) is 12.1. The van der Waals surface area contributed by atoms with Gasteiger partial charge in [0, 0.05) is 44.3 Å². The average Bonchev–Trinajstić information content (AvgIpc) is 3.09. The molecule has 0 spiro atoms. The van der Waals surface area contributed by atoms with E-state index >= 15 is 0 Å². The molecular formula is C14H16N4O4. The van der Waals surface area contributed by atoms with Crippen molar-refractivity contribution in [3.63, 3.8) is 0 Å². The van der Waals surface area contributed by atoms with Gasteiger partial charge in [0.15, 0.2) is 0 Å². The minimum absolute atomic E-state index is 0.0124. The maximum atomic E-state index is 12.1. The highest BCUT2D eigenvalue weighted by Crippen LogP contribution is 2.19. The van der Waals surface area contributed by atoms with Gasteiger partial charge in [-0.25, -0.2) is 4.98 Å². The second-order valence-corrected chi connectivity index (χ2v) is 4.87. The van der Waals surface area contributed by atoms with E-state index in [1.54, 1.807) is 23.2 Å². The first-order valence-corrected chi connectivity index (χ1v) is 7.00. The third-order valence-corrected chi connectivity index (χ3v) is 3.46. The average molecular weight is 304 g/mol. The van der Waals surface area contributed by atoms with Crippen LogP contribution in [-0.2, 0) is 0 Å². The summed E-state index contributed by atoms with van der Waals surface area (Å²) in [7, 11) is 1.51. The van der Waals surface area contributed by atoms with Crippen LogP contribution in [-0.4, -0.2) is 52.2 Å². The van der Waals surface area contributed by atoms with E-state index in [2.05, 4.69) is 15.1 Å². The minimum atomic E-state index is -0.139. The summed E-state index contributed by atoms with van der Waals surface area (Å²) in [5, 5.41) is 3.55. The van der Waals surface area contributed by atoms with Crippen molar-refractivity contribution < 1.29 is 18.8 Å². The number of hydrogen-bond donors (Lipinski definition) is 0. The van der Waals surface area contributed by atoms with Crippen molar-refractivity contribution in [2.75, 3.05) is 20.2 Å². The second kappa shape index (κ2) is 6.42. The third kappa shape index (κ3) is 3.16. The van der Waals surface area contributed by atoms with Crippen molar-refractivity contribution in [3.8, 4) is 11.9 Å². The Morgan fingerprint density at radius 2 is 2.14 bits per heavy atom. The number of nitrogens with zero attached hydrogens (tertiary/aromatic N) is 4. The summed E-state index contributed by atoms with van der Waals surface area (Å²) in [6.45, 7) is 1.21. The second-order valence-electron chi connectivity index (χ2n) is 4.87. The first-order valence-electron chi connectivity index (χ1n) is 7.00. The Morgan fingerprint density at radius 3 is 2.82 bits per heavy atom. The van der Waals surface area contributed by atoms with Gasteiger partial charge in [-0.05, 0) is 0 Å². The molecule has 0 saturated carbocycles. The lowest BCUT2D eigenvalue weighted by atomic mass is 10.1. The predicted molar refractivity (Wildman–Crippen MR) is 74.6 cm³/mol. The zero-order valence-corrected chi connectivity index (χ0v) is 12.1. The fourth-order valence-corrected chi connectivity index (χ4v) is 2.32. The molecule has 1 aliphatic heterocycles. The van der Waals surface area contributed by atoms with E-state index < -0.39 is 0 Å². The lowest BCUT2D eigenvalue weighted by Gasteiger charge is -2.31. The molecule has 1 saturated heterocycles. The number of ether oxygens (including phenoxy) is 2. The van der Waals surface area contributed by atoms with Crippen LogP contribution in [0.1, 0.15) is 23.4 Å². The van der Waals surface area contributed by atoms with Crippen LogP contribution in [0, 0.1) is 0 Å². The van der Waals surface area contributed by atoms with Gasteiger partial charge < -0.3 is 18.9 Å². The van der Waals surface area contributed by atoms with Crippen LogP contribution in [0.15, 0.2) is 29.0 Å². The Balaban J connectivity index is 1.54. The van der Waals surface area contributed by atoms with E-state index in [4.69, 9.17) is 14.0 Å². The summed E-state index contributed by atoms with van der Waals surface area (Å²) >= 11 is 0. The fourth-order valence-electron chi connectivity index (χ4n) is 2.32. The van der Waals surface area contributed by atoms with Crippen LogP contribution in [0.3, 0.4) is 0 Å². The van der Waals surface area contributed by atoms with E-state index in [1.807, 2.05) is 0 Å². The lowest BCUT2D eigenvalue weighted by molar-refractivity contribution is 0.0550. The summed E-state index contributed by atoms with van der Waals surface area (Å²) in [5.41, 5.74) is 0. The molecule has 2 aromatic heterocycles. The number of methoxy groups -OCH3 is 1. The molecule has 0 radical (unpaired) electrons. The molecule has 22 heavy (non-hydrogen) atoms. The van der Waals surface area contributed by atoms with Crippen LogP contribution >= 0.6 is 0 Å². The highest BCUT2D eigenvalue weighted by atomic mass is 16.5. The predicted octanol–water partition coefficient (Wildman–Crippen LogP) is 1.16. The van der Waals surface area contributed by atoms with Crippen LogP contribution in [0.2, 0.25) is 0 Å². The minimum Gasteiger partial charge on any atom is -0.474 e. The van der Waals surface area contributed by atoms with Crippen LogP contribution in [0.4, 0.5) is 0 Å². The van der Waals surface area contributed by atoms with Gasteiger partial charge in [0.25, 0.3) is 5.91 Å². The summed E-state index contributed by atoms with van der Waals surface area (Å²) in [6, 6.07) is 3.53. The molecule has 1 fully saturated rings. The Hall–Kier alpha value is -2.64. The molecule has 116 valence electrons. The first kappa shape index (κ1) is 14.3. The number of amides is 1. The quantitative estimate of drug-likeness (QED) is 0.837. The number of rotatable bonds is 4. The van der Waals surface area contributed by atoms with Gasteiger partial charge in [0.2, 0.25) is 11.6 Å². The molecule has 0 bridgehead atoms. The molecule has 0 unspecified atom stereocenters. The molecular weight excluding hydrogens is 288 g/mol. The monoisotopic (exact) mass is 304 g/mol. The van der Waals surface area contributed by atoms with E-state index in [1.165, 1.54) is 13.3 Å². The van der Waals surface area contributed by atoms with Gasteiger partial charge in [-0.15, -0.1) is 0 Å². The summed E-state index contributed by atoms with van der Waals surface area (Å²) in [5.74, 6) is 0.603. The molecule has 8 nitrogen and oxygen atoms in total. The largest absolute Gasteiger partial charge is 0.474 e. The topological polar surface area (TPSA) is 90.6 Å². The first-order chi connectivity index (χ1) is 10.8. The van der Waals surface area contributed by atoms with Crippen molar-refractivity contribution in [1.82, 2.24) is 20.0 Å². The molecule has 2 aromatic rings. The van der Waals surface area contributed by atoms with Gasteiger partial charge >= 0.3 is 6.01 Å². The number of likely N-dealkylation sites (tertiary alicyclic amines) is 1. The molecule has 0 aliphatic carbocycles. The van der Waals surface area contributed by atoms with Crippen molar-refractivity contribution >= 4 is 5.91 Å². The fraction of sp³-hybridized carbons (Fsp3) is 0.429. The maximum absolute atomic E-state index is 12.1. The molecule has 0 N–H and O–H groups in total. The maximum Gasteiger partial charge on any atom is 0.319 e. The van der Waals surface area contributed by atoms with E-state index in [-0.39, 0.29) is 23.8 Å². The van der Waals surface area contributed by atoms with E-state index in [0.29, 0.717) is 19.0 Å². The normalized spacial score (nSPS) is 15.6. The highest BCUT2D eigenvalue weighted by Gasteiger charge is 2.26. The standard InChI is InChI=1S/C14H16N4O4/c1-20-14-15-6-3-12(17-14)21-10-4-8-18(9-5-10)13(19)11-2-7-16-22-11/h2-3,6-7,10H,4-5,8-9H2,1H3. The van der Waals surface area contributed by atoms with Gasteiger partial charge in [0.1, 0.15) is 6.10 Å². The number of hydrogen-bond acceptors (Lipinski definition) is 7. The number of piperidine rings is 1.